The molecule has 154 valence electrons. The second kappa shape index (κ2) is 7.77. The van der Waals surface area contributed by atoms with Gasteiger partial charge in [0.05, 0.1) is 12.2 Å². The highest BCUT2D eigenvalue weighted by molar-refractivity contribution is 6.74. The van der Waals surface area contributed by atoms with Gasteiger partial charge >= 0.3 is 0 Å². The van der Waals surface area contributed by atoms with Crippen LogP contribution in [0.1, 0.15) is 59.8 Å². The molecule has 0 radical (unpaired) electrons. The van der Waals surface area contributed by atoms with E-state index in [0.717, 1.165) is 25.7 Å². The fourth-order valence-electron chi connectivity index (χ4n) is 5.35. The van der Waals surface area contributed by atoms with Crippen LogP contribution in [0.5, 0.6) is 0 Å². The van der Waals surface area contributed by atoms with Crippen molar-refractivity contribution in [1.29, 1.82) is 0 Å². The molecule has 0 saturated heterocycles. The number of ether oxygens (including phenoxy) is 2. The van der Waals surface area contributed by atoms with E-state index in [1.54, 1.807) is 12.7 Å². The Kier molecular flexibility index (Phi) is 6.13. The molecule has 0 aromatic heterocycles. The molecular formula is C23H40O3Si. The Morgan fingerprint density at radius 1 is 1.19 bits per heavy atom. The highest BCUT2D eigenvalue weighted by atomic mass is 28.4. The SMILES string of the molecule is COCO[C@H]1CC[C@@H]2[C@@H]3CC=CCC=C3[C@H](O[Si](C)(C)C(C)(C)C)C[C@]12C. The summed E-state index contributed by atoms with van der Waals surface area (Å²) >= 11 is 0. The predicted octanol–water partition coefficient (Wildman–Crippen LogP) is 6.08. The maximum atomic E-state index is 7.05. The van der Waals surface area contributed by atoms with E-state index in [4.69, 9.17) is 13.9 Å². The van der Waals surface area contributed by atoms with Gasteiger partial charge in [-0.25, -0.2) is 0 Å². The van der Waals surface area contributed by atoms with Crippen LogP contribution < -0.4 is 0 Å². The smallest absolute Gasteiger partial charge is 0.192 e. The third-order valence-electron chi connectivity index (χ3n) is 7.91. The van der Waals surface area contributed by atoms with Gasteiger partial charge in [0.25, 0.3) is 0 Å². The van der Waals surface area contributed by atoms with Gasteiger partial charge in [-0.05, 0) is 73.1 Å². The summed E-state index contributed by atoms with van der Waals surface area (Å²) in [6, 6.07) is 0. The molecule has 3 aliphatic rings. The molecular weight excluding hydrogens is 352 g/mol. The van der Waals surface area contributed by atoms with Crippen LogP contribution >= 0.6 is 0 Å². The fourth-order valence-corrected chi connectivity index (χ4v) is 6.64. The number of allylic oxidation sites excluding steroid dienone is 3. The number of methoxy groups -OCH3 is 1. The first-order valence-corrected chi connectivity index (χ1v) is 13.6. The first kappa shape index (κ1) is 21.3. The lowest BCUT2D eigenvalue weighted by Gasteiger charge is -2.51. The van der Waals surface area contributed by atoms with Crippen LogP contribution in [-0.4, -0.2) is 34.4 Å². The molecule has 5 atom stereocenters. The summed E-state index contributed by atoms with van der Waals surface area (Å²) in [4.78, 5) is 0. The molecule has 3 rings (SSSR count). The molecule has 2 fully saturated rings. The van der Waals surface area contributed by atoms with Crippen LogP contribution in [0.3, 0.4) is 0 Å². The summed E-state index contributed by atoms with van der Waals surface area (Å²) in [7, 11) is -0.118. The largest absolute Gasteiger partial charge is 0.410 e. The van der Waals surface area contributed by atoms with E-state index in [2.05, 4.69) is 59.0 Å². The Hall–Kier alpha value is -0.423. The highest BCUT2D eigenvalue weighted by Gasteiger charge is 2.56. The zero-order valence-corrected chi connectivity index (χ0v) is 19.5. The lowest BCUT2D eigenvalue weighted by atomic mass is 9.60. The first-order valence-electron chi connectivity index (χ1n) is 10.7. The van der Waals surface area contributed by atoms with Gasteiger partial charge in [-0.2, -0.15) is 0 Å². The average molecular weight is 393 g/mol. The standard InChI is InChI=1S/C23H40O3Si/c1-22(2,3)27(6,7)26-20-15-23(4)19(13-14-21(23)25-16-24-5)17-11-9-8-10-12-18(17)20/h8-9,12,17,19-21H,10-11,13-16H2,1-7H3/t17-,19-,20-,21+,23+/m1/s1. The Morgan fingerprint density at radius 2 is 1.93 bits per heavy atom. The molecule has 0 bridgehead atoms. The number of fused-ring (bicyclic) bond motifs is 3. The van der Waals surface area contributed by atoms with E-state index >= 15 is 0 Å². The van der Waals surface area contributed by atoms with Crippen molar-refractivity contribution in [3.8, 4) is 0 Å². The minimum atomic E-state index is -1.84. The number of rotatable bonds is 5. The van der Waals surface area contributed by atoms with E-state index in [1.807, 2.05) is 0 Å². The third-order valence-corrected chi connectivity index (χ3v) is 12.4. The zero-order valence-electron chi connectivity index (χ0n) is 18.5. The second-order valence-corrected chi connectivity index (χ2v) is 15.3. The van der Waals surface area contributed by atoms with Gasteiger partial charge in [0.1, 0.15) is 6.79 Å². The normalized spacial score (nSPS) is 36.8. The van der Waals surface area contributed by atoms with E-state index in [9.17, 15) is 0 Å². The molecule has 0 aromatic rings. The second-order valence-electron chi connectivity index (χ2n) is 10.6. The van der Waals surface area contributed by atoms with Crippen LogP contribution in [0.15, 0.2) is 23.8 Å². The summed E-state index contributed by atoms with van der Waals surface area (Å²) in [6.45, 7) is 14.7. The van der Waals surface area contributed by atoms with Crippen LogP contribution in [0.4, 0.5) is 0 Å². The van der Waals surface area contributed by atoms with Gasteiger partial charge in [-0.1, -0.05) is 45.9 Å². The summed E-state index contributed by atoms with van der Waals surface area (Å²) in [5.41, 5.74) is 1.76. The molecule has 27 heavy (non-hydrogen) atoms. The summed E-state index contributed by atoms with van der Waals surface area (Å²) in [6.07, 6.45) is 13.4. The molecule has 0 unspecified atom stereocenters. The maximum Gasteiger partial charge on any atom is 0.192 e. The van der Waals surface area contributed by atoms with Crippen LogP contribution in [0.2, 0.25) is 18.1 Å². The molecule has 0 amide bonds. The molecule has 4 heteroatoms. The molecule has 2 saturated carbocycles. The Bertz CT molecular complexity index is 589. The van der Waals surface area contributed by atoms with Gasteiger partial charge in [0.15, 0.2) is 8.32 Å². The van der Waals surface area contributed by atoms with Gasteiger partial charge in [0, 0.05) is 7.11 Å². The number of hydrogen-bond donors (Lipinski definition) is 0. The minimum absolute atomic E-state index is 0.172. The van der Waals surface area contributed by atoms with Crippen molar-refractivity contribution < 1.29 is 13.9 Å². The molecule has 3 aliphatic carbocycles. The van der Waals surface area contributed by atoms with Crippen molar-refractivity contribution in [2.75, 3.05) is 13.9 Å². The highest BCUT2D eigenvalue weighted by Crippen LogP contribution is 2.59. The Balaban J connectivity index is 1.92. The van der Waals surface area contributed by atoms with E-state index in [0.29, 0.717) is 18.6 Å². The van der Waals surface area contributed by atoms with Crippen molar-refractivity contribution in [2.24, 2.45) is 17.3 Å². The minimum Gasteiger partial charge on any atom is -0.410 e. The van der Waals surface area contributed by atoms with Gasteiger partial charge in [0.2, 0.25) is 0 Å². The molecule has 0 spiro atoms. The van der Waals surface area contributed by atoms with Crippen LogP contribution in [-0.2, 0) is 13.9 Å². The lowest BCUT2D eigenvalue weighted by Crippen LogP contribution is -2.52. The van der Waals surface area contributed by atoms with E-state index < -0.39 is 8.32 Å². The van der Waals surface area contributed by atoms with Crippen molar-refractivity contribution in [3.63, 3.8) is 0 Å². The van der Waals surface area contributed by atoms with Gasteiger partial charge < -0.3 is 13.9 Å². The lowest BCUT2D eigenvalue weighted by molar-refractivity contribution is -0.126. The fraction of sp³-hybridized carbons (Fsp3) is 0.826. The topological polar surface area (TPSA) is 27.7 Å². The van der Waals surface area contributed by atoms with Crippen molar-refractivity contribution in [3.05, 3.63) is 23.8 Å². The molecule has 3 nitrogen and oxygen atoms in total. The zero-order chi connectivity index (χ0) is 19.9. The Morgan fingerprint density at radius 3 is 2.59 bits per heavy atom. The summed E-state index contributed by atoms with van der Waals surface area (Å²) < 4.78 is 18.5. The van der Waals surface area contributed by atoms with Crippen molar-refractivity contribution >= 4 is 8.32 Å². The first-order chi connectivity index (χ1) is 12.6. The quantitative estimate of drug-likeness (QED) is 0.322. The summed E-state index contributed by atoms with van der Waals surface area (Å²) in [5.74, 6) is 1.29. The van der Waals surface area contributed by atoms with Crippen LogP contribution in [0, 0.1) is 17.3 Å². The predicted molar refractivity (Wildman–Crippen MR) is 114 cm³/mol. The monoisotopic (exact) mass is 392 g/mol. The third kappa shape index (κ3) is 4.01. The maximum absolute atomic E-state index is 7.05. The van der Waals surface area contributed by atoms with Gasteiger partial charge in [-0.15, -0.1) is 0 Å². The van der Waals surface area contributed by atoms with Gasteiger partial charge in [-0.3, -0.25) is 0 Å². The van der Waals surface area contributed by atoms with Crippen LogP contribution in [0.25, 0.3) is 0 Å². The number of hydrogen-bond acceptors (Lipinski definition) is 3. The average Bonchev–Trinajstić information content (AvgIpc) is 2.74. The van der Waals surface area contributed by atoms with Crippen molar-refractivity contribution in [2.45, 2.75) is 90.1 Å². The molecule has 0 aliphatic heterocycles. The Labute approximate surface area is 167 Å². The molecule has 0 N–H and O–H groups in total. The van der Waals surface area contributed by atoms with Crippen molar-refractivity contribution in [1.82, 2.24) is 0 Å². The van der Waals surface area contributed by atoms with E-state index in [-0.39, 0.29) is 22.7 Å². The molecule has 0 heterocycles. The summed E-state index contributed by atoms with van der Waals surface area (Å²) in [5, 5.41) is 0.228. The van der Waals surface area contributed by atoms with E-state index in [1.165, 1.54) is 6.42 Å². The molecule has 0 aromatic carbocycles.